The molecule has 21 heavy (non-hydrogen) atoms. The second-order valence-corrected chi connectivity index (χ2v) is 6.20. The van der Waals surface area contributed by atoms with Crippen LogP contribution in [0.3, 0.4) is 0 Å². The minimum Gasteiger partial charge on any atom is -0.496 e. The monoisotopic (exact) mass is 290 g/mol. The molecule has 4 heteroatoms. The Balaban J connectivity index is 1.91. The number of benzene rings is 1. The lowest BCUT2D eigenvalue weighted by Gasteiger charge is -2.30. The summed E-state index contributed by atoms with van der Waals surface area (Å²) < 4.78 is 5.46. The summed E-state index contributed by atoms with van der Waals surface area (Å²) in [7, 11) is 1.67. The Morgan fingerprint density at radius 3 is 2.81 bits per heavy atom. The number of aliphatic hydroxyl groups is 1. The first-order chi connectivity index (χ1) is 10.2. The zero-order valence-corrected chi connectivity index (χ0v) is 13.1. The van der Waals surface area contributed by atoms with Crippen molar-refractivity contribution in [3.63, 3.8) is 0 Å². The number of anilines is 1. The summed E-state index contributed by atoms with van der Waals surface area (Å²) in [5.74, 6) is 0.787. The molecule has 2 heterocycles. The topological polar surface area (TPSA) is 35.9 Å². The standard InChI is InChI=1S/C17H26N2O2/c1-13(20)17-15(7-3-8-16(17)21-2)19-11-5-10-18-9-4-6-14(18)12-19/h3,7-8,13-14,20H,4-6,9-12H2,1-2H3/t13-,14?/m0/s1. The first-order valence-electron chi connectivity index (χ1n) is 8.04. The van der Waals surface area contributed by atoms with Crippen molar-refractivity contribution in [1.29, 1.82) is 0 Å². The molecule has 0 radical (unpaired) electrons. The van der Waals surface area contributed by atoms with Crippen LogP contribution >= 0.6 is 0 Å². The molecule has 3 rings (SSSR count). The summed E-state index contributed by atoms with van der Waals surface area (Å²) in [6.07, 6.45) is 3.29. The molecule has 1 unspecified atom stereocenters. The van der Waals surface area contributed by atoms with E-state index in [9.17, 15) is 5.11 Å². The van der Waals surface area contributed by atoms with Crippen molar-refractivity contribution in [2.45, 2.75) is 38.3 Å². The fourth-order valence-corrected chi connectivity index (χ4v) is 3.83. The van der Waals surface area contributed by atoms with Gasteiger partial charge in [-0.25, -0.2) is 0 Å². The number of fused-ring (bicyclic) bond motifs is 1. The molecule has 2 aliphatic heterocycles. The summed E-state index contributed by atoms with van der Waals surface area (Å²) in [6, 6.07) is 6.75. The van der Waals surface area contributed by atoms with Gasteiger partial charge in [-0.1, -0.05) is 6.07 Å². The molecular formula is C17H26N2O2. The van der Waals surface area contributed by atoms with E-state index in [2.05, 4.69) is 15.9 Å². The van der Waals surface area contributed by atoms with Crippen molar-refractivity contribution in [3.05, 3.63) is 23.8 Å². The highest BCUT2D eigenvalue weighted by Crippen LogP contribution is 2.36. The highest BCUT2D eigenvalue weighted by Gasteiger charge is 2.30. The molecule has 1 aromatic carbocycles. The van der Waals surface area contributed by atoms with E-state index in [0.717, 1.165) is 30.1 Å². The van der Waals surface area contributed by atoms with E-state index in [4.69, 9.17) is 4.74 Å². The maximum Gasteiger partial charge on any atom is 0.126 e. The van der Waals surface area contributed by atoms with Crippen molar-refractivity contribution in [2.24, 2.45) is 0 Å². The van der Waals surface area contributed by atoms with Crippen LogP contribution in [0.5, 0.6) is 5.75 Å². The highest BCUT2D eigenvalue weighted by molar-refractivity contribution is 5.60. The lowest BCUT2D eigenvalue weighted by molar-refractivity contribution is 0.194. The number of aliphatic hydroxyl groups excluding tert-OH is 1. The maximum absolute atomic E-state index is 10.2. The molecule has 2 fully saturated rings. The largest absolute Gasteiger partial charge is 0.496 e. The van der Waals surface area contributed by atoms with Crippen LogP contribution in [0.15, 0.2) is 18.2 Å². The first-order valence-corrected chi connectivity index (χ1v) is 8.04. The predicted octanol–water partition coefficient (Wildman–Crippen LogP) is 2.42. The molecule has 0 spiro atoms. The van der Waals surface area contributed by atoms with Gasteiger partial charge >= 0.3 is 0 Å². The fourth-order valence-electron chi connectivity index (χ4n) is 3.83. The number of methoxy groups -OCH3 is 1. The molecule has 2 saturated heterocycles. The molecule has 2 aliphatic rings. The third kappa shape index (κ3) is 2.87. The van der Waals surface area contributed by atoms with Gasteiger partial charge in [-0.3, -0.25) is 4.90 Å². The zero-order valence-electron chi connectivity index (χ0n) is 13.1. The van der Waals surface area contributed by atoms with Crippen molar-refractivity contribution in [2.75, 3.05) is 38.2 Å². The van der Waals surface area contributed by atoms with Crippen LogP contribution < -0.4 is 9.64 Å². The Morgan fingerprint density at radius 1 is 1.24 bits per heavy atom. The zero-order chi connectivity index (χ0) is 14.8. The fraction of sp³-hybridized carbons (Fsp3) is 0.647. The smallest absolute Gasteiger partial charge is 0.126 e. The summed E-state index contributed by atoms with van der Waals surface area (Å²) >= 11 is 0. The molecule has 4 nitrogen and oxygen atoms in total. The van der Waals surface area contributed by atoms with E-state index >= 15 is 0 Å². The molecule has 0 aromatic heterocycles. The third-order valence-electron chi connectivity index (χ3n) is 4.83. The van der Waals surface area contributed by atoms with E-state index in [0.29, 0.717) is 6.04 Å². The van der Waals surface area contributed by atoms with Gasteiger partial charge in [0.2, 0.25) is 0 Å². The molecule has 1 N–H and O–H groups in total. The summed E-state index contributed by atoms with van der Waals surface area (Å²) in [5, 5.41) is 10.2. The van der Waals surface area contributed by atoms with Crippen LogP contribution in [-0.4, -0.2) is 49.3 Å². The first kappa shape index (κ1) is 14.7. The highest BCUT2D eigenvalue weighted by atomic mass is 16.5. The molecule has 1 aromatic rings. The van der Waals surface area contributed by atoms with Gasteiger partial charge in [0.25, 0.3) is 0 Å². The van der Waals surface area contributed by atoms with E-state index in [1.165, 1.54) is 32.4 Å². The predicted molar refractivity (Wildman–Crippen MR) is 85.1 cm³/mol. The normalized spacial score (nSPS) is 24.5. The minimum absolute atomic E-state index is 0.515. The summed E-state index contributed by atoms with van der Waals surface area (Å²) in [5.41, 5.74) is 2.06. The molecule has 116 valence electrons. The van der Waals surface area contributed by atoms with Crippen LogP contribution in [0.4, 0.5) is 5.69 Å². The van der Waals surface area contributed by atoms with Crippen LogP contribution in [0.2, 0.25) is 0 Å². The summed E-state index contributed by atoms with van der Waals surface area (Å²) in [6.45, 7) is 6.39. The van der Waals surface area contributed by atoms with Gasteiger partial charge in [-0.05, 0) is 44.9 Å². The Morgan fingerprint density at radius 2 is 2.05 bits per heavy atom. The van der Waals surface area contributed by atoms with Crippen molar-refractivity contribution in [1.82, 2.24) is 4.90 Å². The Hall–Kier alpha value is -1.26. The number of hydrogen-bond donors (Lipinski definition) is 1. The lowest BCUT2D eigenvalue weighted by Crippen LogP contribution is -2.37. The molecule has 0 saturated carbocycles. The second kappa shape index (κ2) is 6.24. The van der Waals surface area contributed by atoms with Gasteiger partial charge in [-0.15, -0.1) is 0 Å². The van der Waals surface area contributed by atoms with Crippen LogP contribution in [-0.2, 0) is 0 Å². The average Bonchev–Trinajstić information content (AvgIpc) is 2.83. The molecular weight excluding hydrogens is 264 g/mol. The minimum atomic E-state index is -0.515. The van der Waals surface area contributed by atoms with E-state index < -0.39 is 6.10 Å². The van der Waals surface area contributed by atoms with E-state index in [-0.39, 0.29) is 0 Å². The number of rotatable bonds is 3. The quantitative estimate of drug-likeness (QED) is 0.927. The van der Waals surface area contributed by atoms with Crippen molar-refractivity contribution < 1.29 is 9.84 Å². The van der Waals surface area contributed by atoms with Gasteiger partial charge < -0.3 is 14.7 Å². The average molecular weight is 290 g/mol. The van der Waals surface area contributed by atoms with Gasteiger partial charge in [0, 0.05) is 36.9 Å². The SMILES string of the molecule is COc1cccc(N2CCCN3CCCC3C2)c1[C@H](C)O. The van der Waals surface area contributed by atoms with Gasteiger partial charge in [0.15, 0.2) is 0 Å². The Labute approximate surface area is 127 Å². The molecule has 0 aliphatic carbocycles. The van der Waals surface area contributed by atoms with Gasteiger partial charge in [-0.2, -0.15) is 0 Å². The van der Waals surface area contributed by atoms with E-state index in [1.807, 2.05) is 19.1 Å². The maximum atomic E-state index is 10.2. The Bertz CT molecular complexity index is 490. The molecule has 0 amide bonds. The molecule has 2 atom stereocenters. The number of nitrogens with zero attached hydrogens (tertiary/aromatic N) is 2. The van der Waals surface area contributed by atoms with Crippen LogP contribution in [0.25, 0.3) is 0 Å². The van der Waals surface area contributed by atoms with Crippen molar-refractivity contribution in [3.8, 4) is 5.75 Å². The van der Waals surface area contributed by atoms with Crippen molar-refractivity contribution >= 4 is 5.69 Å². The Kier molecular flexibility index (Phi) is 4.36. The third-order valence-corrected chi connectivity index (χ3v) is 4.83. The lowest BCUT2D eigenvalue weighted by atomic mass is 10.0. The van der Waals surface area contributed by atoms with E-state index in [1.54, 1.807) is 7.11 Å². The summed E-state index contributed by atoms with van der Waals surface area (Å²) in [4.78, 5) is 5.07. The van der Waals surface area contributed by atoms with Gasteiger partial charge in [0.05, 0.1) is 13.2 Å². The second-order valence-electron chi connectivity index (χ2n) is 6.20. The number of ether oxygens (including phenoxy) is 1. The van der Waals surface area contributed by atoms with Crippen LogP contribution in [0.1, 0.15) is 37.9 Å². The number of hydrogen-bond acceptors (Lipinski definition) is 4. The van der Waals surface area contributed by atoms with Gasteiger partial charge in [0.1, 0.15) is 5.75 Å². The molecule has 0 bridgehead atoms. The van der Waals surface area contributed by atoms with Crippen LogP contribution in [0, 0.1) is 0 Å².